The smallest absolute Gasteiger partial charge is 0.252 e. The van der Waals surface area contributed by atoms with E-state index in [-0.39, 0.29) is 0 Å². The van der Waals surface area contributed by atoms with E-state index in [4.69, 9.17) is 16.3 Å². The molecular weight excluding hydrogens is 224 g/mol. The Balaban J connectivity index is 3.04. The lowest BCUT2D eigenvalue weighted by Crippen LogP contribution is -2.03. The van der Waals surface area contributed by atoms with Gasteiger partial charge in [0.1, 0.15) is 5.75 Å². The molecule has 0 heterocycles. The molecule has 1 aromatic carbocycles. The largest absolute Gasteiger partial charge is 0.496 e. The first kappa shape index (κ1) is 13.0. The first-order valence-electron chi connectivity index (χ1n) is 5.42. The van der Waals surface area contributed by atoms with Gasteiger partial charge in [0, 0.05) is 11.1 Å². The van der Waals surface area contributed by atoms with Crippen LogP contribution in [0.1, 0.15) is 36.2 Å². The lowest BCUT2D eigenvalue weighted by atomic mass is 9.98. The Morgan fingerprint density at radius 1 is 1.44 bits per heavy atom. The number of ether oxygens (including phenoxy) is 1. The Morgan fingerprint density at radius 3 is 2.62 bits per heavy atom. The minimum absolute atomic E-state index is 0.419. The number of carbonyl (C=O) groups excluding carboxylic acids is 1. The van der Waals surface area contributed by atoms with Crippen molar-refractivity contribution < 1.29 is 9.53 Å². The van der Waals surface area contributed by atoms with Gasteiger partial charge in [0.25, 0.3) is 5.24 Å². The number of hydrogen-bond donors (Lipinski definition) is 0. The zero-order valence-corrected chi connectivity index (χ0v) is 10.7. The molecule has 0 fully saturated rings. The zero-order valence-electron chi connectivity index (χ0n) is 9.92. The highest BCUT2D eigenvalue weighted by atomic mass is 35.5. The van der Waals surface area contributed by atoms with E-state index in [2.05, 4.69) is 13.8 Å². The number of hydrogen-bond acceptors (Lipinski definition) is 2. The molecule has 0 spiro atoms. The van der Waals surface area contributed by atoms with Crippen molar-refractivity contribution in [3.05, 3.63) is 29.3 Å². The second-order valence-electron chi connectivity index (χ2n) is 4.19. The summed E-state index contributed by atoms with van der Waals surface area (Å²) in [6, 6.07) is 5.39. The molecule has 0 aliphatic rings. The maximum atomic E-state index is 11.3. The summed E-state index contributed by atoms with van der Waals surface area (Å²) in [5.74, 6) is 1.33. The van der Waals surface area contributed by atoms with Crippen LogP contribution in [0.4, 0.5) is 0 Å². The van der Waals surface area contributed by atoms with Crippen LogP contribution in [0.15, 0.2) is 18.2 Å². The van der Waals surface area contributed by atoms with Gasteiger partial charge in [0.15, 0.2) is 0 Å². The van der Waals surface area contributed by atoms with E-state index in [1.54, 1.807) is 19.2 Å². The van der Waals surface area contributed by atoms with Crippen LogP contribution < -0.4 is 4.74 Å². The summed E-state index contributed by atoms with van der Waals surface area (Å²) < 4.78 is 5.26. The summed E-state index contributed by atoms with van der Waals surface area (Å²) in [5.41, 5.74) is 1.47. The fourth-order valence-corrected chi connectivity index (χ4v) is 1.81. The van der Waals surface area contributed by atoms with E-state index in [0.29, 0.717) is 11.5 Å². The van der Waals surface area contributed by atoms with Gasteiger partial charge >= 0.3 is 0 Å². The molecule has 3 heteroatoms. The highest BCUT2D eigenvalue weighted by Crippen LogP contribution is 2.26. The van der Waals surface area contributed by atoms with E-state index >= 15 is 0 Å². The van der Waals surface area contributed by atoms with Crippen LogP contribution in [-0.4, -0.2) is 12.4 Å². The quantitative estimate of drug-likeness (QED) is 0.735. The molecule has 0 N–H and O–H groups in total. The SMILES string of the molecule is COc1cccc(C(=O)Cl)c1CCC(C)C. The van der Waals surface area contributed by atoms with E-state index < -0.39 is 5.24 Å². The molecule has 0 unspecified atom stereocenters. The second kappa shape index (κ2) is 5.90. The van der Waals surface area contributed by atoms with Gasteiger partial charge in [-0.15, -0.1) is 0 Å². The predicted octanol–water partition coefficient (Wildman–Crippen LogP) is 3.66. The Hall–Kier alpha value is -1.02. The van der Waals surface area contributed by atoms with Gasteiger partial charge in [-0.1, -0.05) is 19.9 Å². The minimum Gasteiger partial charge on any atom is -0.496 e. The third-order valence-corrected chi connectivity index (χ3v) is 2.74. The van der Waals surface area contributed by atoms with Crippen molar-refractivity contribution in [3.63, 3.8) is 0 Å². The maximum absolute atomic E-state index is 11.3. The molecule has 0 saturated carbocycles. The predicted molar refractivity (Wildman–Crippen MR) is 66.3 cm³/mol. The number of benzene rings is 1. The van der Waals surface area contributed by atoms with Gasteiger partial charge in [-0.05, 0) is 42.5 Å². The normalized spacial score (nSPS) is 10.6. The van der Waals surface area contributed by atoms with E-state index in [0.717, 1.165) is 24.2 Å². The van der Waals surface area contributed by atoms with Crippen molar-refractivity contribution in [1.29, 1.82) is 0 Å². The van der Waals surface area contributed by atoms with Crippen LogP contribution in [0, 0.1) is 5.92 Å². The van der Waals surface area contributed by atoms with Crippen molar-refractivity contribution in [1.82, 2.24) is 0 Å². The van der Waals surface area contributed by atoms with Crippen molar-refractivity contribution in [2.24, 2.45) is 5.92 Å². The average Bonchev–Trinajstić information content (AvgIpc) is 2.25. The van der Waals surface area contributed by atoms with Crippen molar-refractivity contribution in [2.75, 3.05) is 7.11 Å². The molecular formula is C13H17ClO2. The molecule has 2 nitrogen and oxygen atoms in total. The first-order valence-corrected chi connectivity index (χ1v) is 5.79. The number of carbonyl (C=O) groups is 1. The van der Waals surface area contributed by atoms with Gasteiger partial charge in [-0.3, -0.25) is 4.79 Å². The summed E-state index contributed by atoms with van der Waals surface area (Å²) in [6.07, 6.45) is 1.83. The van der Waals surface area contributed by atoms with E-state index in [1.807, 2.05) is 6.07 Å². The third-order valence-electron chi connectivity index (χ3n) is 2.54. The zero-order chi connectivity index (χ0) is 12.1. The standard InChI is InChI=1S/C13H17ClO2/c1-9(2)7-8-10-11(13(14)15)5-4-6-12(10)16-3/h4-6,9H,7-8H2,1-3H3. The summed E-state index contributed by atoms with van der Waals surface area (Å²) in [6.45, 7) is 4.30. The van der Waals surface area contributed by atoms with E-state index in [9.17, 15) is 4.79 Å². The van der Waals surface area contributed by atoms with Gasteiger partial charge < -0.3 is 4.74 Å². The minimum atomic E-state index is -0.419. The van der Waals surface area contributed by atoms with Crippen LogP contribution in [0.2, 0.25) is 0 Å². The summed E-state index contributed by atoms with van der Waals surface area (Å²) in [5, 5.41) is -0.419. The monoisotopic (exact) mass is 240 g/mol. The van der Waals surface area contributed by atoms with Crippen molar-refractivity contribution in [2.45, 2.75) is 26.7 Å². The molecule has 0 atom stereocenters. The lowest BCUT2D eigenvalue weighted by Gasteiger charge is -2.12. The summed E-state index contributed by atoms with van der Waals surface area (Å²) in [7, 11) is 1.61. The fraction of sp³-hybridized carbons (Fsp3) is 0.462. The Bertz CT molecular complexity index is 372. The molecule has 0 aliphatic carbocycles. The molecule has 0 radical (unpaired) electrons. The second-order valence-corrected chi connectivity index (χ2v) is 4.54. The van der Waals surface area contributed by atoms with Gasteiger partial charge in [0.05, 0.1) is 7.11 Å². The molecule has 0 amide bonds. The molecule has 88 valence electrons. The molecule has 1 aromatic rings. The molecule has 0 bridgehead atoms. The number of methoxy groups -OCH3 is 1. The molecule has 0 saturated heterocycles. The highest BCUT2D eigenvalue weighted by Gasteiger charge is 2.13. The maximum Gasteiger partial charge on any atom is 0.252 e. The van der Waals surface area contributed by atoms with Crippen LogP contribution in [0.25, 0.3) is 0 Å². The van der Waals surface area contributed by atoms with Crippen molar-refractivity contribution >= 4 is 16.8 Å². The molecule has 0 aromatic heterocycles. The lowest BCUT2D eigenvalue weighted by molar-refractivity contribution is 0.108. The van der Waals surface area contributed by atoms with Gasteiger partial charge in [-0.25, -0.2) is 0 Å². The molecule has 0 aliphatic heterocycles. The van der Waals surface area contributed by atoms with Crippen LogP contribution >= 0.6 is 11.6 Å². The van der Waals surface area contributed by atoms with Crippen molar-refractivity contribution in [3.8, 4) is 5.75 Å². The Morgan fingerprint density at radius 2 is 2.12 bits per heavy atom. The highest BCUT2D eigenvalue weighted by molar-refractivity contribution is 6.68. The average molecular weight is 241 g/mol. The molecule has 16 heavy (non-hydrogen) atoms. The van der Waals surface area contributed by atoms with Crippen LogP contribution in [0.3, 0.4) is 0 Å². The number of rotatable bonds is 5. The summed E-state index contributed by atoms with van der Waals surface area (Å²) >= 11 is 5.56. The molecule has 1 rings (SSSR count). The first-order chi connectivity index (χ1) is 7.56. The van der Waals surface area contributed by atoms with Gasteiger partial charge in [-0.2, -0.15) is 0 Å². The third kappa shape index (κ3) is 3.24. The Kier molecular flexibility index (Phi) is 4.81. The fourth-order valence-electron chi connectivity index (χ4n) is 1.63. The van der Waals surface area contributed by atoms with Crippen LogP contribution in [0.5, 0.6) is 5.75 Å². The summed E-state index contributed by atoms with van der Waals surface area (Å²) in [4.78, 5) is 11.3. The Labute approximate surface area is 102 Å². The van der Waals surface area contributed by atoms with Crippen LogP contribution in [-0.2, 0) is 6.42 Å². The topological polar surface area (TPSA) is 26.3 Å². The number of halogens is 1. The van der Waals surface area contributed by atoms with Gasteiger partial charge in [0.2, 0.25) is 0 Å². The van der Waals surface area contributed by atoms with E-state index in [1.165, 1.54) is 0 Å².